The van der Waals surface area contributed by atoms with Crippen LogP contribution >= 0.6 is 0 Å². The molecule has 0 aromatic heterocycles. The number of rotatable bonds is 2. The van der Waals surface area contributed by atoms with E-state index in [0.717, 1.165) is 38.5 Å². The van der Waals surface area contributed by atoms with Gasteiger partial charge >= 0.3 is 0 Å². The van der Waals surface area contributed by atoms with Gasteiger partial charge in [-0.25, -0.2) is 0 Å². The monoisotopic (exact) mass is 282 g/mol. The minimum atomic E-state index is -0.174. The van der Waals surface area contributed by atoms with E-state index in [9.17, 15) is 9.90 Å². The van der Waals surface area contributed by atoms with Gasteiger partial charge < -0.3 is 16.2 Å². The van der Waals surface area contributed by atoms with Gasteiger partial charge in [-0.15, -0.1) is 0 Å². The maximum atomic E-state index is 12.6. The van der Waals surface area contributed by atoms with Crippen LogP contribution in [0.1, 0.15) is 59.3 Å². The zero-order valence-corrected chi connectivity index (χ0v) is 13.1. The van der Waals surface area contributed by atoms with Gasteiger partial charge in [0, 0.05) is 18.0 Å². The SMILES string of the molecule is CC1C(N)CCC(C(=O)NC2CCC(O)CC2)C1(C)C. The molecule has 3 unspecified atom stereocenters. The maximum absolute atomic E-state index is 12.6. The molecule has 116 valence electrons. The molecule has 0 heterocycles. The molecular weight excluding hydrogens is 252 g/mol. The van der Waals surface area contributed by atoms with Crippen LogP contribution in [0, 0.1) is 17.3 Å². The molecule has 0 radical (unpaired) electrons. The van der Waals surface area contributed by atoms with Crippen molar-refractivity contribution >= 4 is 5.91 Å². The molecule has 0 spiro atoms. The summed E-state index contributed by atoms with van der Waals surface area (Å²) in [5.74, 6) is 0.611. The lowest BCUT2D eigenvalue weighted by atomic mass is 9.61. The summed E-state index contributed by atoms with van der Waals surface area (Å²) in [4.78, 5) is 12.6. The highest BCUT2D eigenvalue weighted by atomic mass is 16.3. The Morgan fingerprint density at radius 1 is 1.15 bits per heavy atom. The minimum Gasteiger partial charge on any atom is -0.393 e. The summed E-state index contributed by atoms with van der Waals surface area (Å²) in [6.45, 7) is 6.51. The van der Waals surface area contributed by atoms with Crippen molar-refractivity contribution in [2.75, 3.05) is 0 Å². The summed E-state index contributed by atoms with van der Waals surface area (Å²) in [6.07, 6.45) is 5.06. The fourth-order valence-corrected chi connectivity index (χ4v) is 3.84. The number of hydrogen-bond acceptors (Lipinski definition) is 3. The van der Waals surface area contributed by atoms with Crippen LogP contribution in [0.2, 0.25) is 0 Å². The Labute approximate surface area is 122 Å². The van der Waals surface area contributed by atoms with Crippen LogP contribution in [0.25, 0.3) is 0 Å². The molecule has 20 heavy (non-hydrogen) atoms. The molecule has 2 aliphatic rings. The van der Waals surface area contributed by atoms with Gasteiger partial charge in [0.05, 0.1) is 6.10 Å². The molecule has 2 fully saturated rings. The van der Waals surface area contributed by atoms with E-state index >= 15 is 0 Å². The maximum Gasteiger partial charge on any atom is 0.223 e. The second kappa shape index (κ2) is 6.02. The van der Waals surface area contributed by atoms with Crippen molar-refractivity contribution in [1.29, 1.82) is 0 Å². The summed E-state index contributed by atoms with van der Waals surface area (Å²) in [5.41, 5.74) is 6.11. The molecule has 0 bridgehead atoms. The van der Waals surface area contributed by atoms with Crippen molar-refractivity contribution in [3.05, 3.63) is 0 Å². The smallest absolute Gasteiger partial charge is 0.223 e. The molecule has 0 aromatic carbocycles. The fourth-order valence-electron chi connectivity index (χ4n) is 3.84. The van der Waals surface area contributed by atoms with Gasteiger partial charge in [-0.2, -0.15) is 0 Å². The first-order chi connectivity index (χ1) is 9.32. The molecule has 4 nitrogen and oxygen atoms in total. The van der Waals surface area contributed by atoms with Gasteiger partial charge in [-0.3, -0.25) is 4.79 Å². The highest BCUT2D eigenvalue weighted by Crippen LogP contribution is 2.44. The number of hydrogen-bond donors (Lipinski definition) is 3. The van der Waals surface area contributed by atoms with Crippen LogP contribution < -0.4 is 11.1 Å². The van der Waals surface area contributed by atoms with E-state index in [2.05, 4.69) is 26.1 Å². The number of nitrogens with two attached hydrogens (primary N) is 1. The lowest BCUT2D eigenvalue weighted by molar-refractivity contribution is -0.133. The van der Waals surface area contributed by atoms with Crippen molar-refractivity contribution in [2.24, 2.45) is 23.0 Å². The molecule has 4 heteroatoms. The number of nitrogens with one attached hydrogen (secondary N) is 1. The Morgan fingerprint density at radius 3 is 2.35 bits per heavy atom. The average Bonchev–Trinajstić information content (AvgIpc) is 2.38. The van der Waals surface area contributed by atoms with Gasteiger partial charge in [0.2, 0.25) is 5.91 Å². The van der Waals surface area contributed by atoms with Gasteiger partial charge in [0.25, 0.3) is 0 Å². The zero-order valence-electron chi connectivity index (χ0n) is 13.1. The summed E-state index contributed by atoms with van der Waals surface area (Å²) < 4.78 is 0. The second-order valence-electron chi connectivity index (χ2n) is 7.42. The van der Waals surface area contributed by atoms with E-state index in [1.54, 1.807) is 0 Å². The third-order valence-electron chi connectivity index (χ3n) is 5.86. The summed E-state index contributed by atoms with van der Waals surface area (Å²) in [6, 6.07) is 0.450. The first-order valence-electron chi connectivity index (χ1n) is 8.06. The lowest BCUT2D eigenvalue weighted by Crippen LogP contribution is -2.53. The average molecular weight is 282 g/mol. The molecule has 1 amide bonds. The second-order valence-corrected chi connectivity index (χ2v) is 7.42. The highest BCUT2D eigenvalue weighted by Gasteiger charge is 2.45. The van der Waals surface area contributed by atoms with E-state index < -0.39 is 0 Å². The molecule has 3 atom stereocenters. The fraction of sp³-hybridized carbons (Fsp3) is 0.938. The zero-order chi connectivity index (χ0) is 14.9. The van der Waals surface area contributed by atoms with Crippen LogP contribution in [0.5, 0.6) is 0 Å². The van der Waals surface area contributed by atoms with E-state index in [-0.39, 0.29) is 35.4 Å². The van der Waals surface area contributed by atoms with Crippen LogP contribution in [0.4, 0.5) is 0 Å². The lowest BCUT2D eigenvalue weighted by Gasteiger charge is -2.46. The molecule has 0 aromatic rings. The third kappa shape index (κ3) is 3.17. The van der Waals surface area contributed by atoms with Crippen LogP contribution in [0.3, 0.4) is 0 Å². The number of carbonyl (C=O) groups is 1. The predicted octanol–water partition coefficient (Wildman–Crippen LogP) is 1.81. The Hall–Kier alpha value is -0.610. The normalized spacial score (nSPS) is 41.1. The van der Waals surface area contributed by atoms with Gasteiger partial charge in [0.15, 0.2) is 0 Å². The molecule has 2 saturated carbocycles. The molecular formula is C16H30N2O2. The van der Waals surface area contributed by atoms with Crippen molar-refractivity contribution < 1.29 is 9.90 Å². The minimum absolute atomic E-state index is 0.0457. The van der Waals surface area contributed by atoms with E-state index in [1.807, 2.05) is 0 Å². The van der Waals surface area contributed by atoms with Gasteiger partial charge in [0.1, 0.15) is 0 Å². The molecule has 0 saturated heterocycles. The number of aliphatic hydroxyl groups is 1. The Kier molecular flexibility index (Phi) is 4.75. The van der Waals surface area contributed by atoms with E-state index in [1.165, 1.54) is 0 Å². The van der Waals surface area contributed by atoms with E-state index in [4.69, 9.17) is 5.73 Å². The summed E-state index contributed by atoms with van der Waals surface area (Å²) in [5, 5.41) is 12.7. The van der Waals surface area contributed by atoms with Crippen molar-refractivity contribution in [1.82, 2.24) is 5.32 Å². The van der Waals surface area contributed by atoms with Crippen LogP contribution in [-0.2, 0) is 4.79 Å². The van der Waals surface area contributed by atoms with Crippen molar-refractivity contribution in [3.63, 3.8) is 0 Å². The predicted molar refractivity (Wildman–Crippen MR) is 80.0 cm³/mol. The number of aliphatic hydroxyl groups excluding tert-OH is 1. The van der Waals surface area contributed by atoms with Crippen molar-refractivity contribution in [2.45, 2.75) is 77.5 Å². The van der Waals surface area contributed by atoms with Crippen LogP contribution in [0.15, 0.2) is 0 Å². The molecule has 2 aliphatic carbocycles. The third-order valence-corrected chi connectivity index (χ3v) is 5.86. The van der Waals surface area contributed by atoms with Gasteiger partial charge in [-0.05, 0) is 49.9 Å². The summed E-state index contributed by atoms with van der Waals surface area (Å²) >= 11 is 0. The highest BCUT2D eigenvalue weighted by molar-refractivity contribution is 5.80. The Morgan fingerprint density at radius 2 is 1.75 bits per heavy atom. The van der Waals surface area contributed by atoms with E-state index in [0.29, 0.717) is 5.92 Å². The first-order valence-corrected chi connectivity index (χ1v) is 8.06. The molecule has 0 aliphatic heterocycles. The summed E-state index contributed by atoms with van der Waals surface area (Å²) in [7, 11) is 0. The first kappa shape index (κ1) is 15.8. The standard InChI is InChI=1S/C16H30N2O2/c1-10-14(17)9-8-13(16(10,2)3)15(20)18-11-4-6-12(19)7-5-11/h10-14,19H,4-9,17H2,1-3H3,(H,18,20). The number of amides is 1. The largest absolute Gasteiger partial charge is 0.393 e. The quantitative estimate of drug-likeness (QED) is 0.723. The van der Waals surface area contributed by atoms with Crippen LogP contribution in [-0.4, -0.2) is 29.2 Å². The number of carbonyl (C=O) groups excluding carboxylic acids is 1. The topological polar surface area (TPSA) is 75.4 Å². The Balaban J connectivity index is 1.95. The Bertz CT molecular complexity index is 348. The molecule has 2 rings (SSSR count). The van der Waals surface area contributed by atoms with Gasteiger partial charge in [-0.1, -0.05) is 20.8 Å². The molecule has 4 N–H and O–H groups in total. The van der Waals surface area contributed by atoms with Crippen molar-refractivity contribution in [3.8, 4) is 0 Å².